The predicted molar refractivity (Wildman–Crippen MR) is 70.7 cm³/mol. The zero-order chi connectivity index (χ0) is 11.0. The zero-order valence-electron chi connectivity index (χ0n) is 9.26. The zero-order valence-corrected chi connectivity index (χ0v) is 11.4. The SMILES string of the molecule is CC(C)(N)c1cccc(C(C)(C)I)c1. The molecule has 0 amide bonds. The summed E-state index contributed by atoms with van der Waals surface area (Å²) in [4.78, 5) is 0. The summed E-state index contributed by atoms with van der Waals surface area (Å²) in [6.45, 7) is 8.48. The van der Waals surface area contributed by atoms with Crippen molar-refractivity contribution in [3.05, 3.63) is 35.4 Å². The lowest BCUT2D eigenvalue weighted by Crippen LogP contribution is -2.29. The van der Waals surface area contributed by atoms with Crippen LogP contribution in [0.25, 0.3) is 0 Å². The first kappa shape index (κ1) is 12.0. The molecule has 0 saturated heterocycles. The molecule has 14 heavy (non-hydrogen) atoms. The molecule has 0 fully saturated rings. The minimum Gasteiger partial charge on any atom is -0.322 e. The Balaban J connectivity index is 3.15. The van der Waals surface area contributed by atoms with E-state index in [-0.39, 0.29) is 8.96 Å². The molecule has 0 heterocycles. The van der Waals surface area contributed by atoms with Crippen molar-refractivity contribution in [2.24, 2.45) is 5.73 Å². The van der Waals surface area contributed by atoms with Gasteiger partial charge < -0.3 is 5.73 Å². The topological polar surface area (TPSA) is 26.0 Å². The predicted octanol–water partition coefficient (Wildman–Crippen LogP) is 3.55. The van der Waals surface area contributed by atoms with Gasteiger partial charge in [0.2, 0.25) is 0 Å². The van der Waals surface area contributed by atoms with Gasteiger partial charge in [0.15, 0.2) is 0 Å². The van der Waals surface area contributed by atoms with Crippen molar-refractivity contribution in [2.45, 2.75) is 36.7 Å². The molecule has 1 nitrogen and oxygen atoms in total. The van der Waals surface area contributed by atoms with E-state index < -0.39 is 0 Å². The van der Waals surface area contributed by atoms with E-state index in [4.69, 9.17) is 5.73 Å². The average molecular weight is 303 g/mol. The molecule has 1 aromatic rings. The highest BCUT2D eigenvalue weighted by atomic mass is 127. The fraction of sp³-hybridized carbons (Fsp3) is 0.500. The molecule has 78 valence electrons. The van der Waals surface area contributed by atoms with Crippen molar-refractivity contribution in [1.82, 2.24) is 0 Å². The van der Waals surface area contributed by atoms with Crippen molar-refractivity contribution < 1.29 is 0 Å². The Morgan fingerprint density at radius 1 is 1.07 bits per heavy atom. The van der Waals surface area contributed by atoms with Gasteiger partial charge in [-0.05, 0) is 38.8 Å². The number of hydrogen-bond donors (Lipinski definition) is 1. The van der Waals surface area contributed by atoms with Gasteiger partial charge in [-0.2, -0.15) is 0 Å². The minimum atomic E-state index is -0.252. The number of hydrogen-bond acceptors (Lipinski definition) is 1. The van der Waals surface area contributed by atoms with Gasteiger partial charge in [-0.25, -0.2) is 0 Å². The van der Waals surface area contributed by atoms with Crippen LogP contribution in [0.3, 0.4) is 0 Å². The maximum Gasteiger partial charge on any atom is 0.0414 e. The number of nitrogens with two attached hydrogens (primary N) is 1. The van der Waals surface area contributed by atoms with Gasteiger partial charge in [0.25, 0.3) is 0 Å². The maximum absolute atomic E-state index is 6.07. The second-order valence-corrected chi connectivity index (χ2v) is 7.47. The highest BCUT2D eigenvalue weighted by molar-refractivity contribution is 14.1. The second-order valence-electron chi connectivity index (χ2n) is 4.77. The van der Waals surface area contributed by atoms with Crippen LogP contribution in [0.4, 0.5) is 0 Å². The van der Waals surface area contributed by atoms with E-state index in [2.05, 4.69) is 60.7 Å². The van der Waals surface area contributed by atoms with Gasteiger partial charge in [-0.3, -0.25) is 0 Å². The van der Waals surface area contributed by atoms with Crippen LogP contribution in [0.2, 0.25) is 0 Å². The number of halogens is 1. The van der Waals surface area contributed by atoms with E-state index >= 15 is 0 Å². The summed E-state index contributed by atoms with van der Waals surface area (Å²) in [6, 6.07) is 8.53. The van der Waals surface area contributed by atoms with Crippen LogP contribution in [0.15, 0.2) is 24.3 Å². The molecule has 0 saturated carbocycles. The normalized spacial score (nSPS) is 13.0. The third kappa shape index (κ3) is 2.95. The van der Waals surface area contributed by atoms with Crippen LogP contribution in [-0.2, 0) is 8.96 Å². The fourth-order valence-corrected chi connectivity index (χ4v) is 1.63. The lowest BCUT2D eigenvalue weighted by molar-refractivity contribution is 0.553. The lowest BCUT2D eigenvalue weighted by Gasteiger charge is -2.23. The summed E-state index contributed by atoms with van der Waals surface area (Å²) < 4.78 is 0.166. The summed E-state index contributed by atoms with van der Waals surface area (Å²) in [5, 5.41) is 0. The van der Waals surface area contributed by atoms with Crippen molar-refractivity contribution in [1.29, 1.82) is 0 Å². The molecule has 0 atom stereocenters. The lowest BCUT2D eigenvalue weighted by atomic mass is 9.91. The summed E-state index contributed by atoms with van der Waals surface area (Å²) in [7, 11) is 0. The molecule has 0 aliphatic heterocycles. The minimum absolute atomic E-state index is 0.166. The van der Waals surface area contributed by atoms with Crippen LogP contribution in [0, 0.1) is 0 Å². The Hall–Kier alpha value is -0.0900. The third-order valence-electron chi connectivity index (χ3n) is 2.29. The van der Waals surface area contributed by atoms with E-state index in [9.17, 15) is 0 Å². The second kappa shape index (κ2) is 3.81. The summed E-state index contributed by atoms with van der Waals surface area (Å²) in [5.41, 5.74) is 8.34. The molecule has 2 N–H and O–H groups in total. The first-order chi connectivity index (χ1) is 6.21. The molecule has 0 aromatic heterocycles. The van der Waals surface area contributed by atoms with Crippen LogP contribution in [-0.4, -0.2) is 0 Å². The van der Waals surface area contributed by atoms with Crippen molar-refractivity contribution in [3.63, 3.8) is 0 Å². The Morgan fingerprint density at radius 3 is 2.00 bits per heavy atom. The fourth-order valence-electron chi connectivity index (χ4n) is 1.29. The van der Waals surface area contributed by atoms with Crippen molar-refractivity contribution in [3.8, 4) is 0 Å². The molecular formula is C12H18IN. The van der Waals surface area contributed by atoms with Crippen molar-refractivity contribution in [2.75, 3.05) is 0 Å². The summed E-state index contributed by atoms with van der Waals surface area (Å²) in [5.74, 6) is 0. The Bertz CT molecular complexity index is 289. The Kier molecular flexibility index (Phi) is 3.26. The molecule has 1 aromatic carbocycles. The van der Waals surface area contributed by atoms with Gasteiger partial charge >= 0.3 is 0 Å². The molecule has 1 rings (SSSR count). The maximum atomic E-state index is 6.07. The standard InChI is InChI=1S/C12H18IN/c1-11(2,13)9-6-5-7-10(8-9)12(3,4)14/h5-8H,14H2,1-4H3. The van der Waals surface area contributed by atoms with Crippen LogP contribution in [0.5, 0.6) is 0 Å². The number of benzene rings is 1. The highest BCUT2D eigenvalue weighted by Crippen LogP contribution is 2.32. The Morgan fingerprint density at radius 2 is 1.57 bits per heavy atom. The third-order valence-corrected chi connectivity index (χ3v) is 2.92. The van der Waals surface area contributed by atoms with Gasteiger partial charge in [0.1, 0.15) is 0 Å². The molecular weight excluding hydrogens is 285 g/mol. The van der Waals surface area contributed by atoms with Gasteiger partial charge in [-0.1, -0.05) is 46.9 Å². The van der Waals surface area contributed by atoms with E-state index in [1.165, 1.54) is 11.1 Å². The average Bonchev–Trinajstić information content (AvgIpc) is 2.01. The summed E-state index contributed by atoms with van der Waals surface area (Å²) in [6.07, 6.45) is 0. The molecule has 0 unspecified atom stereocenters. The van der Waals surface area contributed by atoms with Crippen molar-refractivity contribution >= 4 is 22.6 Å². The quantitative estimate of drug-likeness (QED) is 0.656. The largest absolute Gasteiger partial charge is 0.322 e. The van der Waals surface area contributed by atoms with E-state index in [1.807, 2.05) is 13.8 Å². The molecule has 0 aliphatic carbocycles. The van der Waals surface area contributed by atoms with Crippen LogP contribution >= 0.6 is 22.6 Å². The number of alkyl halides is 1. The smallest absolute Gasteiger partial charge is 0.0414 e. The number of rotatable bonds is 2. The molecule has 0 radical (unpaired) electrons. The molecule has 2 heteroatoms. The molecule has 0 aliphatic rings. The van der Waals surface area contributed by atoms with Crippen LogP contribution in [0.1, 0.15) is 38.8 Å². The first-order valence-corrected chi connectivity index (χ1v) is 5.88. The van der Waals surface area contributed by atoms with Crippen LogP contribution < -0.4 is 5.73 Å². The first-order valence-electron chi connectivity index (χ1n) is 4.80. The Labute approximate surface area is 100 Å². The van der Waals surface area contributed by atoms with Gasteiger partial charge in [0, 0.05) is 8.96 Å². The van der Waals surface area contributed by atoms with E-state index in [0.29, 0.717) is 0 Å². The van der Waals surface area contributed by atoms with Gasteiger partial charge in [-0.15, -0.1) is 0 Å². The molecule has 0 spiro atoms. The summed E-state index contributed by atoms with van der Waals surface area (Å²) >= 11 is 2.45. The highest BCUT2D eigenvalue weighted by Gasteiger charge is 2.19. The van der Waals surface area contributed by atoms with Gasteiger partial charge in [0.05, 0.1) is 0 Å². The monoisotopic (exact) mass is 303 g/mol. The molecule has 0 bridgehead atoms. The van der Waals surface area contributed by atoms with E-state index in [1.54, 1.807) is 0 Å². The van der Waals surface area contributed by atoms with E-state index in [0.717, 1.165) is 0 Å².